The summed E-state index contributed by atoms with van der Waals surface area (Å²) in [6.07, 6.45) is 5.37. The summed E-state index contributed by atoms with van der Waals surface area (Å²) in [5.74, 6) is -0.738. The molecule has 0 aliphatic heterocycles. The average molecular weight is 284 g/mol. The highest BCUT2D eigenvalue weighted by Gasteiger charge is 2.17. The molecule has 0 amide bonds. The van der Waals surface area contributed by atoms with E-state index in [4.69, 9.17) is 10.1 Å². The zero-order valence-electron chi connectivity index (χ0n) is 12.1. The maximum atomic E-state index is 10.6. The molecular weight excluding hydrogens is 264 g/mol. The maximum Gasteiger partial charge on any atom is 0.303 e. The summed E-state index contributed by atoms with van der Waals surface area (Å²) in [6, 6.07) is 8.18. The number of aryl methyl sites for hydroxylation is 1. The van der Waals surface area contributed by atoms with Gasteiger partial charge in [-0.15, -0.1) is 0 Å². The van der Waals surface area contributed by atoms with E-state index in [1.807, 2.05) is 18.2 Å². The summed E-state index contributed by atoms with van der Waals surface area (Å²) in [4.78, 5) is 15.4. The largest absolute Gasteiger partial charge is 0.481 e. The molecule has 1 aromatic carbocycles. The van der Waals surface area contributed by atoms with E-state index in [0.717, 1.165) is 23.7 Å². The second-order valence-corrected chi connectivity index (χ2v) is 5.56. The molecule has 2 aromatic rings. The predicted octanol–water partition coefficient (Wildman–Crippen LogP) is 3.39. The number of carboxylic acid groups (broad SMARTS) is 1. The minimum atomic E-state index is -0.738. The van der Waals surface area contributed by atoms with E-state index in [-0.39, 0.29) is 6.42 Å². The van der Waals surface area contributed by atoms with Gasteiger partial charge in [-0.25, -0.2) is 0 Å². The molecule has 2 N–H and O–H groups in total. The standard InChI is InChI=1S/C17H20N2O2/c20-16(21)10-5-11-18-17-12-6-1-3-8-14(12)19-15-9-4-2-7-13(15)17/h1,3,6,8H,2,4-5,7,9-11H2,(H,18,19)(H,20,21). The lowest BCUT2D eigenvalue weighted by Gasteiger charge is -2.21. The van der Waals surface area contributed by atoms with Crippen LogP contribution in [0.4, 0.5) is 5.69 Å². The minimum Gasteiger partial charge on any atom is -0.481 e. The van der Waals surface area contributed by atoms with Crippen molar-refractivity contribution < 1.29 is 9.90 Å². The number of hydrogen-bond donors (Lipinski definition) is 2. The van der Waals surface area contributed by atoms with Gasteiger partial charge in [0.05, 0.1) is 5.52 Å². The summed E-state index contributed by atoms with van der Waals surface area (Å²) >= 11 is 0. The van der Waals surface area contributed by atoms with Crippen molar-refractivity contribution in [3.05, 3.63) is 35.5 Å². The zero-order valence-corrected chi connectivity index (χ0v) is 12.1. The summed E-state index contributed by atoms with van der Waals surface area (Å²) in [6.45, 7) is 0.687. The van der Waals surface area contributed by atoms with Crippen molar-refractivity contribution in [2.45, 2.75) is 38.5 Å². The van der Waals surface area contributed by atoms with Gasteiger partial charge in [-0.05, 0) is 43.7 Å². The number of pyridine rings is 1. The van der Waals surface area contributed by atoms with Crippen LogP contribution in [0.1, 0.15) is 36.9 Å². The number of fused-ring (bicyclic) bond motifs is 2. The van der Waals surface area contributed by atoms with Crippen LogP contribution in [0.3, 0.4) is 0 Å². The number of rotatable bonds is 5. The first kappa shape index (κ1) is 13.9. The molecule has 110 valence electrons. The average Bonchev–Trinajstić information content (AvgIpc) is 2.50. The first-order chi connectivity index (χ1) is 10.3. The fourth-order valence-electron chi connectivity index (χ4n) is 3.03. The molecule has 0 spiro atoms. The van der Waals surface area contributed by atoms with Crippen LogP contribution in [0.5, 0.6) is 0 Å². The molecule has 1 aliphatic rings. The Hall–Kier alpha value is -2.10. The van der Waals surface area contributed by atoms with Gasteiger partial charge in [0.15, 0.2) is 0 Å². The number of aliphatic carboxylic acids is 1. The van der Waals surface area contributed by atoms with Gasteiger partial charge in [-0.2, -0.15) is 0 Å². The third-order valence-electron chi connectivity index (χ3n) is 4.04. The molecule has 1 aromatic heterocycles. The first-order valence-electron chi connectivity index (χ1n) is 7.62. The molecule has 21 heavy (non-hydrogen) atoms. The highest BCUT2D eigenvalue weighted by molar-refractivity contribution is 5.93. The van der Waals surface area contributed by atoms with Gasteiger partial charge < -0.3 is 10.4 Å². The van der Waals surface area contributed by atoms with Crippen LogP contribution >= 0.6 is 0 Å². The van der Waals surface area contributed by atoms with Crippen LogP contribution in [-0.2, 0) is 17.6 Å². The third kappa shape index (κ3) is 2.99. The molecule has 1 heterocycles. The molecule has 0 saturated carbocycles. The normalized spacial score (nSPS) is 13.9. The lowest BCUT2D eigenvalue weighted by molar-refractivity contribution is -0.137. The number of hydrogen-bond acceptors (Lipinski definition) is 3. The fraction of sp³-hybridized carbons (Fsp3) is 0.412. The van der Waals surface area contributed by atoms with E-state index < -0.39 is 5.97 Å². The topological polar surface area (TPSA) is 62.2 Å². The van der Waals surface area contributed by atoms with Gasteiger partial charge in [-0.3, -0.25) is 9.78 Å². The monoisotopic (exact) mass is 284 g/mol. The van der Waals surface area contributed by atoms with Crippen LogP contribution in [0, 0.1) is 0 Å². The van der Waals surface area contributed by atoms with Crippen molar-refractivity contribution in [1.29, 1.82) is 0 Å². The zero-order chi connectivity index (χ0) is 14.7. The fourth-order valence-corrected chi connectivity index (χ4v) is 3.03. The summed E-state index contributed by atoms with van der Waals surface area (Å²) in [5, 5.41) is 13.4. The van der Waals surface area contributed by atoms with Gasteiger partial charge in [0.25, 0.3) is 0 Å². The predicted molar refractivity (Wildman–Crippen MR) is 83.7 cm³/mol. The highest BCUT2D eigenvalue weighted by atomic mass is 16.4. The number of benzene rings is 1. The lowest BCUT2D eigenvalue weighted by Crippen LogP contribution is -2.12. The third-order valence-corrected chi connectivity index (χ3v) is 4.04. The molecule has 0 unspecified atom stereocenters. The SMILES string of the molecule is O=C(O)CCCNc1c2c(nc3ccccc13)CCCC2. The van der Waals surface area contributed by atoms with Crippen molar-refractivity contribution in [2.24, 2.45) is 0 Å². The number of para-hydroxylation sites is 1. The quantitative estimate of drug-likeness (QED) is 0.826. The van der Waals surface area contributed by atoms with E-state index in [1.54, 1.807) is 0 Å². The Balaban J connectivity index is 1.92. The van der Waals surface area contributed by atoms with Crippen molar-refractivity contribution in [3.8, 4) is 0 Å². The van der Waals surface area contributed by atoms with Crippen LogP contribution in [0.2, 0.25) is 0 Å². The number of carbonyl (C=O) groups is 1. The number of nitrogens with one attached hydrogen (secondary N) is 1. The second kappa shape index (κ2) is 6.12. The summed E-state index contributed by atoms with van der Waals surface area (Å²) in [5.41, 5.74) is 4.73. The Morgan fingerprint density at radius 3 is 2.90 bits per heavy atom. The highest BCUT2D eigenvalue weighted by Crippen LogP contribution is 2.33. The summed E-state index contributed by atoms with van der Waals surface area (Å²) < 4.78 is 0. The lowest BCUT2D eigenvalue weighted by atomic mass is 9.92. The first-order valence-corrected chi connectivity index (χ1v) is 7.62. The number of carboxylic acids is 1. The van der Waals surface area contributed by atoms with E-state index >= 15 is 0 Å². The Kier molecular flexibility index (Phi) is 4.04. The molecule has 4 nitrogen and oxygen atoms in total. The van der Waals surface area contributed by atoms with Crippen LogP contribution in [0.15, 0.2) is 24.3 Å². The summed E-state index contributed by atoms with van der Waals surface area (Å²) in [7, 11) is 0. The van der Waals surface area contributed by atoms with Gasteiger partial charge >= 0.3 is 5.97 Å². The van der Waals surface area contributed by atoms with Gasteiger partial charge in [0.1, 0.15) is 0 Å². The van der Waals surface area contributed by atoms with Crippen LogP contribution in [0.25, 0.3) is 10.9 Å². The number of aromatic nitrogens is 1. The molecule has 4 heteroatoms. The minimum absolute atomic E-state index is 0.207. The molecule has 0 saturated heterocycles. The molecule has 1 aliphatic carbocycles. The Labute approximate surface area is 124 Å². The van der Waals surface area contributed by atoms with Crippen molar-refractivity contribution in [1.82, 2.24) is 4.98 Å². The molecule has 0 fully saturated rings. The smallest absolute Gasteiger partial charge is 0.303 e. The van der Waals surface area contributed by atoms with Crippen molar-refractivity contribution >= 4 is 22.6 Å². The Bertz CT molecular complexity index is 667. The molecule has 0 radical (unpaired) electrons. The van der Waals surface area contributed by atoms with E-state index in [1.165, 1.54) is 29.8 Å². The van der Waals surface area contributed by atoms with Crippen LogP contribution < -0.4 is 5.32 Å². The molecule has 3 rings (SSSR count). The van der Waals surface area contributed by atoms with Crippen LogP contribution in [-0.4, -0.2) is 22.6 Å². The van der Waals surface area contributed by atoms with Crippen molar-refractivity contribution in [2.75, 3.05) is 11.9 Å². The van der Waals surface area contributed by atoms with E-state index in [0.29, 0.717) is 13.0 Å². The Morgan fingerprint density at radius 2 is 2.05 bits per heavy atom. The van der Waals surface area contributed by atoms with E-state index in [9.17, 15) is 4.79 Å². The molecular formula is C17H20N2O2. The van der Waals surface area contributed by atoms with Gasteiger partial charge in [-0.1, -0.05) is 18.2 Å². The van der Waals surface area contributed by atoms with Crippen molar-refractivity contribution in [3.63, 3.8) is 0 Å². The number of nitrogens with zero attached hydrogens (tertiary/aromatic N) is 1. The molecule has 0 bridgehead atoms. The second-order valence-electron chi connectivity index (χ2n) is 5.56. The Morgan fingerprint density at radius 1 is 1.24 bits per heavy atom. The molecule has 0 atom stereocenters. The van der Waals surface area contributed by atoms with Gasteiger partial charge in [0, 0.05) is 29.7 Å². The van der Waals surface area contributed by atoms with Gasteiger partial charge in [0.2, 0.25) is 0 Å². The number of anilines is 1. The van der Waals surface area contributed by atoms with E-state index in [2.05, 4.69) is 11.4 Å². The maximum absolute atomic E-state index is 10.6.